The van der Waals surface area contributed by atoms with Crippen molar-refractivity contribution in [2.45, 2.75) is 32.7 Å². The summed E-state index contributed by atoms with van der Waals surface area (Å²) in [6.07, 6.45) is 5.02. The minimum Gasteiger partial charge on any atom is -0.491 e. The Hall–Kier alpha value is -1.88. The molecule has 0 saturated carbocycles. The van der Waals surface area contributed by atoms with E-state index in [9.17, 15) is 0 Å². The van der Waals surface area contributed by atoms with Gasteiger partial charge in [0.05, 0.1) is 12.2 Å². The summed E-state index contributed by atoms with van der Waals surface area (Å²) >= 11 is 0. The second kappa shape index (κ2) is 7.65. The van der Waals surface area contributed by atoms with Crippen molar-refractivity contribution in [1.82, 2.24) is 15.0 Å². The molecule has 0 fully saturated rings. The number of ether oxygens (including phenoxy) is 1. The van der Waals surface area contributed by atoms with E-state index in [0.717, 1.165) is 42.8 Å². The summed E-state index contributed by atoms with van der Waals surface area (Å²) in [5, 5.41) is 8.25. The molecule has 20 heavy (non-hydrogen) atoms. The lowest BCUT2D eigenvalue weighted by atomic mass is 10.2. The smallest absolute Gasteiger partial charge is 0.122 e. The molecule has 0 amide bonds. The number of hydrogen-bond donors (Lipinski definition) is 1. The molecule has 1 aromatic carbocycles. The van der Waals surface area contributed by atoms with Crippen LogP contribution in [0.5, 0.6) is 5.75 Å². The van der Waals surface area contributed by atoms with E-state index in [1.807, 2.05) is 42.1 Å². The van der Waals surface area contributed by atoms with Gasteiger partial charge in [-0.1, -0.05) is 23.4 Å². The van der Waals surface area contributed by atoms with Crippen molar-refractivity contribution >= 4 is 0 Å². The quantitative estimate of drug-likeness (QED) is 0.747. The first-order valence-electron chi connectivity index (χ1n) is 7.07. The molecule has 0 aliphatic rings. The molecular formula is C15H22N4O. The number of rotatable bonds is 8. The molecule has 5 heteroatoms. The van der Waals surface area contributed by atoms with Crippen LogP contribution in [-0.2, 0) is 13.0 Å². The van der Waals surface area contributed by atoms with Gasteiger partial charge in [0.2, 0.25) is 0 Å². The molecule has 2 rings (SSSR count). The molecule has 1 aromatic heterocycles. The molecule has 0 aliphatic heterocycles. The molecule has 0 unspecified atom stereocenters. The van der Waals surface area contributed by atoms with Gasteiger partial charge in [0.15, 0.2) is 0 Å². The Morgan fingerprint density at radius 2 is 2.10 bits per heavy atom. The van der Waals surface area contributed by atoms with Gasteiger partial charge >= 0.3 is 0 Å². The topological polar surface area (TPSA) is 66.0 Å². The molecule has 0 spiro atoms. The molecule has 108 valence electrons. The van der Waals surface area contributed by atoms with Crippen molar-refractivity contribution < 1.29 is 4.74 Å². The van der Waals surface area contributed by atoms with Gasteiger partial charge < -0.3 is 10.5 Å². The number of hydrogen-bond acceptors (Lipinski definition) is 4. The zero-order chi connectivity index (χ0) is 14.2. The zero-order valence-electron chi connectivity index (χ0n) is 12.0. The van der Waals surface area contributed by atoms with E-state index in [-0.39, 0.29) is 0 Å². The van der Waals surface area contributed by atoms with E-state index in [0.29, 0.717) is 13.2 Å². The van der Waals surface area contributed by atoms with E-state index in [4.69, 9.17) is 10.5 Å². The normalized spacial score (nSPS) is 10.7. The van der Waals surface area contributed by atoms with Gasteiger partial charge in [-0.25, -0.2) is 4.68 Å². The molecule has 1 heterocycles. The predicted octanol–water partition coefficient (Wildman–Crippen LogP) is 1.95. The molecule has 0 aliphatic carbocycles. The van der Waals surface area contributed by atoms with Crippen LogP contribution in [0.1, 0.15) is 24.1 Å². The Balaban J connectivity index is 1.75. The first-order valence-corrected chi connectivity index (χ1v) is 7.07. The number of para-hydroxylation sites is 1. The molecule has 2 aromatic rings. The third kappa shape index (κ3) is 4.35. The first kappa shape index (κ1) is 14.5. The Morgan fingerprint density at radius 3 is 2.90 bits per heavy atom. The van der Waals surface area contributed by atoms with Crippen LogP contribution in [0.15, 0.2) is 30.5 Å². The largest absolute Gasteiger partial charge is 0.491 e. The summed E-state index contributed by atoms with van der Waals surface area (Å²) in [6, 6.07) is 8.01. The van der Waals surface area contributed by atoms with Gasteiger partial charge in [-0.15, -0.1) is 5.10 Å². The van der Waals surface area contributed by atoms with Gasteiger partial charge in [0.25, 0.3) is 0 Å². The van der Waals surface area contributed by atoms with Crippen LogP contribution in [0.25, 0.3) is 0 Å². The monoisotopic (exact) mass is 274 g/mol. The van der Waals surface area contributed by atoms with Crippen LogP contribution in [0.2, 0.25) is 0 Å². The third-order valence-corrected chi connectivity index (χ3v) is 3.14. The summed E-state index contributed by atoms with van der Waals surface area (Å²) in [5.74, 6) is 0.927. The molecule has 0 radical (unpaired) electrons. The van der Waals surface area contributed by atoms with Crippen LogP contribution >= 0.6 is 0 Å². The molecule has 0 bridgehead atoms. The highest BCUT2D eigenvalue weighted by Gasteiger charge is 2.02. The molecular weight excluding hydrogens is 252 g/mol. The standard InChI is InChI=1S/C15H22N4O/c1-13-6-2-3-8-15(13)20-11-10-19-12-14(17-18-19)7-4-5-9-16/h2-3,6,8,12H,4-5,7,9-11,16H2,1H3. The Bertz CT molecular complexity index is 524. The van der Waals surface area contributed by atoms with Crippen molar-refractivity contribution in [2.24, 2.45) is 5.73 Å². The summed E-state index contributed by atoms with van der Waals surface area (Å²) in [4.78, 5) is 0. The average molecular weight is 274 g/mol. The maximum absolute atomic E-state index is 5.74. The number of benzene rings is 1. The van der Waals surface area contributed by atoms with Gasteiger partial charge in [0.1, 0.15) is 12.4 Å². The summed E-state index contributed by atoms with van der Waals surface area (Å²) in [7, 11) is 0. The van der Waals surface area contributed by atoms with Gasteiger partial charge in [0, 0.05) is 6.20 Å². The Morgan fingerprint density at radius 1 is 1.25 bits per heavy atom. The van der Waals surface area contributed by atoms with E-state index in [1.165, 1.54) is 0 Å². The number of nitrogens with two attached hydrogens (primary N) is 1. The number of aromatic nitrogens is 3. The minimum atomic E-state index is 0.594. The fourth-order valence-corrected chi connectivity index (χ4v) is 1.98. The van der Waals surface area contributed by atoms with Crippen LogP contribution in [0.3, 0.4) is 0 Å². The van der Waals surface area contributed by atoms with Crippen molar-refractivity contribution in [3.05, 3.63) is 41.7 Å². The maximum Gasteiger partial charge on any atom is 0.122 e. The van der Waals surface area contributed by atoms with Crippen LogP contribution in [-0.4, -0.2) is 28.1 Å². The lowest BCUT2D eigenvalue weighted by Gasteiger charge is -2.08. The summed E-state index contributed by atoms with van der Waals surface area (Å²) < 4.78 is 7.57. The second-order valence-corrected chi connectivity index (χ2v) is 4.83. The minimum absolute atomic E-state index is 0.594. The highest BCUT2D eigenvalue weighted by Crippen LogP contribution is 2.15. The molecule has 0 saturated heterocycles. The molecule has 0 atom stereocenters. The molecule has 2 N–H and O–H groups in total. The van der Waals surface area contributed by atoms with Crippen LogP contribution in [0, 0.1) is 6.92 Å². The number of aryl methyl sites for hydroxylation is 2. The lowest BCUT2D eigenvalue weighted by molar-refractivity contribution is 0.288. The summed E-state index contributed by atoms with van der Waals surface area (Å²) in [5.41, 5.74) is 7.64. The van der Waals surface area contributed by atoms with E-state index >= 15 is 0 Å². The summed E-state index contributed by atoms with van der Waals surface area (Å²) in [6.45, 7) is 4.08. The van der Waals surface area contributed by atoms with Crippen molar-refractivity contribution in [3.8, 4) is 5.75 Å². The Kier molecular flexibility index (Phi) is 5.55. The van der Waals surface area contributed by atoms with Gasteiger partial charge in [-0.3, -0.25) is 0 Å². The van der Waals surface area contributed by atoms with Crippen LogP contribution < -0.4 is 10.5 Å². The maximum atomic E-state index is 5.74. The van der Waals surface area contributed by atoms with E-state index in [1.54, 1.807) is 0 Å². The van der Waals surface area contributed by atoms with E-state index < -0.39 is 0 Å². The van der Waals surface area contributed by atoms with Gasteiger partial charge in [-0.2, -0.15) is 0 Å². The number of unbranched alkanes of at least 4 members (excludes halogenated alkanes) is 1. The fraction of sp³-hybridized carbons (Fsp3) is 0.467. The van der Waals surface area contributed by atoms with Crippen molar-refractivity contribution in [2.75, 3.05) is 13.2 Å². The van der Waals surface area contributed by atoms with Crippen LogP contribution in [0.4, 0.5) is 0 Å². The SMILES string of the molecule is Cc1ccccc1OCCn1cc(CCCCN)nn1. The van der Waals surface area contributed by atoms with Gasteiger partial charge in [-0.05, 0) is 44.4 Å². The van der Waals surface area contributed by atoms with Crippen molar-refractivity contribution in [3.63, 3.8) is 0 Å². The third-order valence-electron chi connectivity index (χ3n) is 3.14. The predicted molar refractivity (Wildman–Crippen MR) is 78.7 cm³/mol. The highest BCUT2D eigenvalue weighted by molar-refractivity contribution is 5.31. The zero-order valence-corrected chi connectivity index (χ0v) is 12.0. The first-order chi connectivity index (χ1) is 9.79. The average Bonchev–Trinajstić information content (AvgIpc) is 2.89. The number of nitrogens with zero attached hydrogens (tertiary/aromatic N) is 3. The Labute approximate surface area is 119 Å². The second-order valence-electron chi connectivity index (χ2n) is 4.83. The highest BCUT2D eigenvalue weighted by atomic mass is 16.5. The fourth-order valence-electron chi connectivity index (χ4n) is 1.98. The lowest BCUT2D eigenvalue weighted by Crippen LogP contribution is -2.09. The van der Waals surface area contributed by atoms with Crippen molar-refractivity contribution in [1.29, 1.82) is 0 Å². The van der Waals surface area contributed by atoms with E-state index in [2.05, 4.69) is 10.3 Å². The molecule has 5 nitrogen and oxygen atoms in total.